The van der Waals surface area contributed by atoms with Crippen LogP contribution in [0.4, 0.5) is 26.3 Å². The first kappa shape index (κ1) is 24.1. The summed E-state index contributed by atoms with van der Waals surface area (Å²) in [4.78, 5) is 0. The van der Waals surface area contributed by atoms with E-state index in [4.69, 9.17) is 9.84 Å². The highest BCUT2D eigenvalue weighted by molar-refractivity contribution is 5.00. The molecule has 0 heterocycles. The number of halogens is 6. The van der Waals surface area contributed by atoms with Gasteiger partial charge in [0, 0.05) is 5.41 Å². The predicted molar refractivity (Wildman–Crippen MR) is 90.8 cm³/mol. The van der Waals surface area contributed by atoms with Gasteiger partial charge in [-0.15, -0.1) is 0 Å². The lowest BCUT2D eigenvalue weighted by atomic mass is 9.79. The summed E-state index contributed by atoms with van der Waals surface area (Å²) in [5.74, 6) is 0.346. The molecule has 8 heteroatoms. The van der Waals surface area contributed by atoms with Gasteiger partial charge in [-0.1, -0.05) is 33.8 Å². The van der Waals surface area contributed by atoms with Crippen molar-refractivity contribution in [3.63, 3.8) is 0 Å². The Kier molecular flexibility index (Phi) is 7.34. The SMILES string of the molecule is C=C(OC)C(C)(C)CC.OC(CC1CC2CCC1C2)(C(F)(F)F)C(F)(F)F. The molecular formula is C19H30F6O2. The number of rotatable bonds is 5. The van der Waals surface area contributed by atoms with Gasteiger partial charge in [-0.25, -0.2) is 0 Å². The van der Waals surface area contributed by atoms with Crippen LogP contribution < -0.4 is 0 Å². The third-order valence-corrected chi connectivity index (χ3v) is 6.27. The molecular weight excluding hydrogens is 374 g/mol. The maximum atomic E-state index is 12.5. The molecule has 0 spiro atoms. The van der Waals surface area contributed by atoms with Crippen LogP contribution in [0.1, 0.15) is 59.3 Å². The van der Waals surface area contributed by atoms with Crippen LogP contribution in [0, 0.1) is 23.2 Å². The topological polar surface area (TPSA) is 29.5 Å². The lowest BCUT2D eigenvalue weighted by molar-refractivity contribution is -0.373. The number of methoxy groups -OCH3 is 1. The normalized spacial score (nSPS) is 25.8. The van der Waals surface area contributed by atoms with Crippen LogP contribution in [0.3, 0.4) is 0 Å². The highest BCUT2D eigenvalue weighted by Gasteiger charge is 2.71. The van der Waals surface area contributed by atoms with Gasteiger partial charge in [0.1, 0.15) is 0 Å². The van der Waals surface area contributed by atoms with E-state index in [0.717, 1.165) is 18.6 Å². The molecule has 0 aromatic carbocycles. The van der Waals surface area contributed by atoms with Crippen molar-refractivity contribution in [2.45, 2.75) is 77.2 Å². The van der Waals surface area contributed by atoms with Gasteiger partial charge in [0.2, 0.25) is 0 Å². The third-order valence-electron chi connectivity index (χ3n) is 6.27. The van der Waals surface area contributed by atoms with E-state index >= 15 is 0 Å². The first-order valence-electron chi connectivity index (χ1n) is 9.18. The van der Waals surface area contributed by atoms with E-state index in [9.17, 15) is 26.3 Å². The van der Waals surface area contributed by atoms with E-state index < -0.39 is 30.3 Å². The number of alkyl halides is 6. The zero-order chi connectivity index (χ0) is 21.3. The van der Waals surface area contributed by atoms with Gasteiger partial charge in [-0.3, -0.25) is 0 Å². The van der Waals surface area contributed by atoms with Crippen molar-refractivity contribution in [3.05, 3.63) is 12.3 Å². The molecule has 2 nitrogen and oxygen atoms in total. The van der Waals surface area contributed by atoms with E-state index in [1.54, 1.807) is 7.11 Å². The van der Waals surface area contributed by atoms with Crippen molar-refractivity contribution in [3.8, 4) is 0 Å². The van der Waals surface area contributed by atoms with E-state index in [2.05, 4.69) is 27.4 Å². The molecule has 2 saturated carbocycles. The molecule has 2 fully saturated rings. The first-order chi connectivity index (χ1) is 12.1. The smallest absolute Gasteiger partial charge is 0.426 e. The Morgan fingerprint density at radius 3 is 1.81 bits per heavy atom. The van der Waals surface area contributed by atoms with Crippen LogP contribution in [-0.4, -0.2) is 30.2 Å². The molecule has 0 aromatic rings. The van der Waals surface area contributed by atoms with Gasteiger partial charge < -0.3 is 9.84 Å². The monoisotopic (exact) mass is 404 g/mol. The van der Waals surface area contributed by atoms with Crippen molar-refractivity contribution in [2.75, 3.05) is 7.11 Å². The highest BCUT2D eigenvalue weighted by atomic mass is 19.4. The zero-order valence-corrected chi connectivity index (χ0v) is 16.3. The van der Waals surface area contributed by atoms with Crippen molar-refractivity contribution >= 4 is 0 Å². The van der Waals surface area contributed by atoms with Gasteiger partial charge in [-0.05, 0) is 49.9 Å². The molecule has 3 unspecified atom stereocenters. The second-order valence-corrected chi connectivity index (χ2v) is 8.36. The summed E-state index contributed by atoms with van der Waals surface area (Å²) in [7, 11) is 1.67. The molecule has 27 heavy (non-hydrogen) atoms. The van der Waals surface area contributed by atoms with E-state index in [1.165, 1.54) is 0 Å². The van der Waals surface area contributed by atoms with Gasteiger partial charge in [-0.2, -0.15) is 26.3 Å². The van der Waals surface area contributed by atoms with E-state index in [0.29, 0.717) is 19.3 Å². The summed E-state index contributed by atoms with van der Waals surface area (Å²) >= 11 is 0. The molecule has 2 aliphatic rings. The fourth-order valence-corrected chi connectivity index (χ4v) is 3.87. The Bertz CT molecular complexity index is 495. The third kappa shape index (κ3) is 5.33. The Balaban J connectivity index is 0.000000345. The molecule has 0 radical (unpaired) electrons. The van der Waals surface area contributed by atoms with Crippen molar-refractivity contribution in [1.29, 1.82) is 0 Å². The minimum atomic E-state index is -5.67. The van der Waals surface area contributed by atoms with Crippen molar-refractivity contribution in [2.24, 2.45) is 23.2 Å². The minimum absolute atomic E-state index is 0.0915. The largest absolute Gasteiger partial charge is 0.501 e. The first-order valence-corrected chi connectivity index (χ1v) is 9.18. The number of hydrogen-bond donors (Lipinski definition) is 1. The Labute approximate surface area is 157 Å². The molecule has 2 rings (SSSR count). The van der Waals surface area contributed by atoms with Crippen LogP contribution in [0.5, 0.6) is 0 Å². The molecule has 1 N–H and O–H groups in total. The number of ether oxygens (including phenoxy) is 1. The second-order valence-electron chi connectivity index (χ2n) is 8.36. The maximum Gasteiger partial charge on any atom is 0.426 e. The summed E-state index contributed by atoms with van der Waals surface area (Å²) in [5, 5.41) is 9.12. The lowest BCUT2D eigenvalue weighted by Crippen LogP contribution is -2.58. The van der Waals surface area contributed by atoms with Crippen LogP contribution in [-0.2, 0) is 4.74 Å². The predicted octanol–water partition coefficient (Wildman–Crippen LogP) is 6.25. The van der Waals surface area contributed by atoms with Crippen LogP contribution >= 0.6 is 0 Å². The molecule has 0 aliphatic heterocycles. The van der Waals surface area contributed by atoms with Crippen molar-refractivity contribution < 1.29 is 36.2 Å². The summed E-state index contributed by atoms with van der Waals surface area (Å²) in [5.41, 5.74) is -4.43. The van der Waals surface area contributed by atoms with Crippen molar-refractivity contribution in [1.82, 2.24) is 0 Å². The number of aliphatic hydroxyl groups is 1. The standard InChI is InChI=1S/C11H14F6O.C8H16O/c12-10(13,14)9(18,11(15,16)17)5-8-4-6-1-2-7(8)3-6;1-6-8(3,4)7(2)9-5/h6-8,18H,1-5H2;2,6H2,1,3-5H3. The zero-order valence-electron chi connectivity index (χ0n) is 16.3. The van der Waals surface area contributed by atoms with Gasteiger partial charge >= 0.3 is 12.4 Å². The fraction of sp³-hybridized carbons (Fsp3) is 0.895. The summed E-state index contributed by atoms with van der Waals surface area (Å²) in [6.45, 7) is 10.2. The van der Waals surface area contributed by atoms with Crippen LogP contribution in [0.15, 0.2) is 12.3 Å². The van der Waals surface area contributed by atoms with E-state index in [1.807, 2.05) is 0 Å². The average molecular weight is 404 g/mol. The summed E-state index contributed by atoms with van der Waals surface area (Å²) in [6, 6.07) is 0. The maximum absolute atomic E-state index is 12.5. The van der Waals surface area contributed by atoms with Gasteiger partial charge in [0.15, 0.2) is 0 Å². The molecule has 0 aromatic heterocycles. The Morgan fingerprint density at radius 1 is 1.04 bits per heavy atom. The van der Waals surface area contributed by atoms with Crippen LogP contribution in [0.2, 0.25) is 0 Å². The Hall–Kier alpha value is -0.920. The van der Waals surface area contributed by atoms with Crippen LogP contribution in [0.25, 0.3) is 0 Å². The highest BCUT2D eigenvalue weighted by Crippen LogP contribution is 2.55. The molecule has 2 bridgehead atoms. The molecule has 2 aliphatic carbocycles. The summed E-state index contributed by atoms with van der Waals surface area (Å²) < 4.78 is 80.2. The molecule has 0 amide bonds. The number of fused-ring (bicyclic) bond motifs is 2. The Morgan fingerprint density at radius 2 is 1.56 bits per heavy atom. The van der Waals surface area contributed by atoms with Gasteiger partial charge in [0.05, 0.1) is 12.9 Å². The molecule has 3 atom stereocenters. The number of hydrogen-bond acceptors (Lipinski definition) is 2. The fourth-order valence-electron chi connectivity index (χ4n) is 3.87. The second kappa shape index (κ2) is 8.21. The minimum Gasteiger partial charge on any atom is -0.501 e. The quantitative estimate of drug-likeness (QED) is 0.433. The average Bonchev–Trinajstić information content (AvgIpc) is 3.15. The lowest BCUT2D eigenvalue weighted by Gasteiger charge is -2.36. The molecule has 160 valence electrons. The summed E-state index contributed by atoms with van der Waals surface area (Å²) in [6.07, 6.45) is -8.88. The van der Waals surface area contributed by atoms with Gasteiger partial charge in [0.25, 0.3) is 5.60 Å². The number of allylic oxidation sites excluding steroid dienone is 1. The van der Waals surface area contributed by atoms with E-state index in [-0.39, 0.29) is 17.3 Å². The molecule has 0 saturated heterocycles.